The summed E-state index contributed by atoms with van der Waals surface area (Å²) in [5, 5.41) is 6.03. The minimum atomic E-state index is 0.0461. The van der Waals surface area contributed by atoms with Crippen LogP contribution < -0.4 is 10.6 Å². The number of hydrogen-bond acceptors (Lipinski definition) is 2. The van der Waals surface area contributed by atoms with Gasteiger partial charge in [-0.25, -0.2) is 0 Å². The van der Waals surface area contributed by atoms with Gasteiger partial charge in [0, 0.05) is 0 Å². The lowest BCUT2D eigenvalue weighted by Gasteiger charge is -2.14. The van der Waals surface area contributed by atoms with Crippen molar-refractivity contribution in [3.05, 3.63) is 35.9 Å². The van der Waals surface area contributed by atoms with Crippen LogP contribution in [0, 0.1) is 0 Å². The molecule has 16 heavy (non-hydrogen) atoms. The first-order chi connectivity index (χ1) is 7.74. The summed E-state index contributed by atoms with van der Waals surface area (Å²) in [5.41, 5.74) is 1.13. The molecule has 0 heterocycles. The third-order valence-corrected chi connectivity index (χ3v) is 2.39. The van der Waals surface area contributed by atoms with Crippen LogP contribution in [0.25, 0.3) is 0 Å². The van der Waals surface area contributed by atoms with Gasteiger partial charge in [-0.1, -0.05) is 37.3 Å². The molecule has 0 saturated carbocycles. The summed E-state index contributed by atoms with van der Waals surface area (Å²) in [6.45, 7) is 5.35. The van der Waals surface area contributed by atoms with Gasteiger partial charge in [0.1, 0.15) is 0 Å². The molecule has 0 bridgehead atoms. The van der Waals surface area contributed by atoms with Crippen LogP contribution in [0.4, 0.5) is 0 Å². The number of hydrogen-bond donors (Lipinski definition) is 2. The molecule has 0 saturated heterocycles. The fraction of sp³-hybridized carbons (Fsp3) is 0.462. The van der Waals surface area contributed by atoms with E-state index in [9.17, 15) is 4.79 Å². The van der Waals surface area contributed by atoms with E-state index in [1.807, 2.05) is 37.3 Å². The maximum atomic E-state index is 11.5. The highest BCUT2D eigenvalue weighted by Gasteiger charge is 2.07. The van der Waals surface area contributed by atoms with Gasteiger partial charge in [0.15, 0.2) is 0 Å². The van der Waals surface area contributed by atoms with E-state index in [4.69, 9.17) is 0 Å². The normalized spacial score (nSPS) is 12.1. The van der Waals surface area contributed by atoms with Gasteiger partial charge in [0.05, 0.1) is 12.6 Å². The zero-order valence-corrected chi connectivity index (χ0v) is 9.99. The van der Waals surface area contributed by atoms with Crippen molar-refractivity contribution >= 4 is 5.91 Å². The van der Waals surface area contributed by atoms with Gasteiger partial charge < -0.3 is 10.6 Å². The van der Waals surface area contributed by atoms with E-state index in [1.54, 1.807) is 0 Å². The predicted octanol–water partition coefficient (Wildman–Crippen LogP) is 1.86. The largest absolute Gasteiger partial charge is 0.348 e. The van der Waals surface area contributed by atoms with Gasteiger partial charge in [-0.05, 0) is 25.5 Å². The first-order valence-electron chi connectivity index (χ1n) is 5.79. The number of benzene rings is 1. The monoisotopic (exact) mass is 220 g/mol. The SMILES string of the molecule is CCCNCC(=O)N[C@@H](C)c1ccccc1. The van der Waals surface area contributed by atoms with Gasteiger partial charge in [-0.2, -0.15) is 0 Å². The fourth-order valence-electron chi connectivity index (χ4n) is 1.50. The molecule has 1 aromatic rings. The van der Waals surface area contributed by atoms with Crippen LogP contribution in [0.2, 0.25) is 0 Å². The molecule has 0 aromatic heterocycles. The second kappa shape index (κ2) is 7.01. The average Bonchev–Trinajstić information content (AvgIpc) is 2.30. The smallest absolute Gasteiger partial charge is 0.234 e. The summed E-state index contributed by atoms with van der Waals surface area (Å²) in [6, 6.07) is 10.0. The van der Waals surface area contributed by atoms with Crippen LogP contribution in [0.1, 0.15) is 31.9 Å². The number of nitrogens with one attached hydrogen (secondary N) is 2. The summed E-state index contributed by atoms with van der Waals surface area (Å²) < 4.78 is 0. The highest BCUT2D eigenvalue weighted by molar-refractivity contribution is 5.78. The molecule has 0 fully saturated rings. The Balaban J connectivity index is 2.34. The van der Waals surface area contributed by atoms with E-state index in [2.05, 4.69) is 17.6 Å². The van der Waals surface area contributed by atoms with Crippen molar-refractivity contribution in [3.63, 3.8) is 0 Å². The third kappa shape index (κ3) is 4.45. The highest BCUT2D eigenvalue weighted by Crippen LogP contribution is 2.10. The Labute approximate surface area is 97.2 Å². The maximum absolute atomic E-state index is 11.5. The maximum Gasteiger partial charge on any atom is 0.234 e. The minimum absolute atomic E-state index is 0.0461. The lowest BCUT2D eigenvalue weighted by molar-refractivity contribution is -0.120. The Bertz CT molecular complexity index is 311. The molecule has 1 rings (SSSR count). The quantitative estimate of drug-likeness (QED) is 0.718. The second-order valence-corrected chi connectivity index (χ2v) is 3.88. The zero-order valence-electron chi connectivity index (χ0n) is 9.99. The predicted molar refractivity (Wildman–Crippen MR) is 66.2 cm³/mol. The van der Waals surface area contributed by atoms with Gasteiger partial charge in [-0.3, -0.25) is 4.79 Å². The molecular formula is C13H20N2O. The van der Waals surface area contributed by atoms with Crippen molar-refractivity contribution in [1.82, 2.24) is 10.6 Å². The molecule has 0 aliphatic carbocycles. The number of amides is 1. The summed E-state index contributed by atoms with van der Waals surface area (Å²) in [6.07, 6.45) is 1.04. The second-order valence-electron chi connectivity index (χ2n) is 3.88. The van der Waals surface area contributed by atoms with Gasteiger partial charge in [0.2, 0.25) is 5.91 Å². The van der Waals surface area contributed by atoms with E-state index in [0.717, 1.165) is 18.5 Å². The molecular weight excluding hydrogens is 200 g/mol. The number of carbonyl (C=O) groups is 1. The first-order valence-corrected chi connectivity index (χ1v) is 5.79. The van der Waals surface area contributed by atoms with E-state index in [0.29, 0.717) is 6.54 Å². The molecule has 0 spiro atoms. The summed E-state index contributed by atoms with van der Waals surface area (Å²) >= 11 is 0. The van der Waals surface area contributed by atoms with Crippen molar-refractivity contribution in [3.8, 4) is 0 Å². The van der Waals surface area contributed by atoms with E-state index >= 15 is 0 Å². The Morgan fingerprint density at radius 2 is 2.00 bits per heavy atom. The average molecular weight is 220 g/mol. The Hall–Kier alpha value is -1.35. The van der Waals surface area contributed by atoms with Crippen LogP contribution in [-0.4, -0.2) is 19.0 Å². The van der Waals surface area contributed by atoms with Gasteiger partial charge in [0.25, 0.3) is 0 Å². The Morgan fingerprint density at radius 1 is 1.31 bits per heavy atom. The molecule has 1 aromatic carbocycles. The van der Waals surface area contributed by atoms with Crippen molar-refractivity contribution in [2.45, 2.75) is 26.3 Å². The molecule has 0 aliphatic rings. The van der Waals surface area contributed by atoms with Crippen LogP contribution >= 0.6 is 0 Å². The molecule has 1 atom stereocenters. The molecule has 3 nitrogen and oxygen atoms in total. The molecule has 0 aliphatic heterocycles. The molecule has 0 radical (unpaired) electrons. The van der Waals surface area contributed by atoms with Crippen LogP contribution in [-0.2, 0) is 4.79 Å². The van der Waals surface area contributed by atoms with Crippen molar-refractivity contribution in [1.29, 1.82) is 0 Å². The lowest BCUT2D eigenvalue weighted by atomic mass is 10.1. The van der Waals surface area contributed by atoms with Gasteiger partial charge in [-0.15, -0.1) is 0 Å². The third-order valence-electron chi connectivity index (χ3n) is 2.39. The number of rotatable bonds is 6. The van der Waals surface area contributed by atoms with Gasteiger partial charge >= 0.3 is 0 Å². The zero-order chi connectivity index (χ0) is 11.8. The summed E-state index contributed by atoms with van der Waals surface area (Å²) in [5.74, 6) is 0.0461. The standard InChI is InChI=1S/C13H20N2O/c1-3-9-14-10-13(16)15-11(2)12-7-5-4-6-8-12/h4-8,11,14H,3,9-10H2,1-2H3,(H,15,16)/t11-/m0/s1. The van der Waals surface area contributed by atoms with Crippen LogP contribution in [0.15, 0.2) is 30.3 Å². The molecule has 1 amide bonds. The van der Waals surface area contributed by atoms with Crippen molar-refractivity contribution < 1.29 is 4.79 Å². The lowest BCUT2D eigenvalue weighted by Crippen LogP contribution is -2.35. The summed E-state index contributed by atoms with van der Waals surface area (Å²) in [4.78, 5) is 11.5. The molecule has 0 unspecified atom stereocenters. The Kier molecular flexibility index (Phi) is 5.57. The van der Waals surface area contributed by atoms with E-state index < -0.39 is 0 Å². The molecule has 3 heteroatoms. The minimum Gasteiger partial charge on any atom is -0.348 e. The number of carbonyl (C=O) groups excluding carboxylic acids is 1. The Morgan fingerprint density at radius 3 is 2.62 bits per heavy atom. The fourth-order valence-corrected chi connectivity index (χ4v) is 1.50. The van der Waals surface area contributed by atoms with Crippen molar-refractivity contribution in [2.75, 3.05) is 13.1 Å². The molecule has 2 N–H and O–H groups in total. The van der Waals surface area contributed by atoms with Crippen LogP contribution in [0.5, 0.6) is 0 Å². The van der Waals surface area contributed by atoms with E-state index in [-0.39, 0.29) is 11.9 Å². The first kappa shape index (κ1) is 12.7. The highest BCUT2D eigenvalue weighted by atomic mass is 16.1. The van der Waals surface area contributed by atoms with E-state index in [1.165, 1.54) is 0 Å². The topological polar surface area (TPSA) is 41.1 Å². The van der Waals surface area contributed by atoms with Crippen molar-refractivity contribution in [2.24, 2.45) is 0 Å². The van der Waals surface area contributed by atoms with Crippen LogP contribution in [0.3, 0.4) is 0 Å². The molecule has 88 valence electrons. The summed E-state index contributed by atoms with van der Waals surface area (Å²) in [7, 11) is 0.